The van der Waals surface area contributed by atoms with Crippen molar-refractivity contribution in [2.75, 3.05) is 25.5 Å². The fourth-order valence-corrected chi connectivity index (χ4v) is 2.32. The van der Waals surface area contributed by atoms with Gasteiger partial charge in [0.2, 0.25) is 0 Å². The maximum Gasteiger partial charge on any atom is 0.191 e. The fraction of sp³-hybridized carbons (Fsp3) is 0.500. The van der Waals surface area contributed by atoms with Crippen LogP contribution in [0.4, 0.5) is 5.82 Å². The minimum absolute atomic E-state index is 0.356. The molecule has 2 rings (SSSR count). The molecule has 0 radical (unpaired) electrons. The van der Waals surface area contributed by atoms with Crippen LogP contribution in [0.1, 0.15) is 43.7 Å². The van der Waals surface area contributed by atoms with Crippen molar-refractivity contribution in [1.29, 1.82) is 0 Å². The largest absolute Gasteiger partial charge is 0.362 e. The third-order valence-corrected chi connectivity index (χ3v) is 3.64. The zero-order valence-electron chi connectivity index (χ0n) is 15.7. The third-order valence-electron chi connectivity index (χ3n) is 3.64. The second-order valence-electron chi connectivity index (χ2n) is 6.30. The Kier molecular flexibility index (Phi) is 6.80. The van der Waals surface area contributed by atoms with Crippen molar-refractivity contribution in [2.24, 2.45) is 4.99 Å². The first-order valence-corrected chi connectivity index (χ1v) is 8.60. The van der Waals surface area contributed by atoms with Crippen molar-refractivity contribution in [3.05, 3.63) is 41.4 Å². The fourth-order valence-electron chi connectivity index (χ4n) is 2.32. The van der Waals surface area contributed by atoms with E-state index in [1.165, 1.54) is 0 Å². The first kappa shape index (κ1) is 18.8. The van der Waals surface area contributed by atoms with Crippen molar-refractivity contribution in [3.8, 4) is 0 Å². The van der Waals surface area contributed by atoms with Crippen LogP contribution >= 0.6 is 0 Å². The van der Waals surface area contributed by atoms with Crippen molar-refractivity contribution < 1.29 is 4.52 Å². The number of anilines is 1. The SMILES string of the molecule is CCNC(=NCc1cccnc1N(C)C)NCc1cc(C(C)C)no1. The van der Waals surface area contributed by atoms with Crippen LogP contribution in [0.25, 0.3) is 0 Å². The number of nitrogens with one attached hydrogen (secondary N) is 2. The predicted octanol–water partition coefficient (Wildman–Crippen LogP) is 2.51. The van der Waals surface area contributed by atoms with E-state index in [0.29, 0.717) is 19.0 Å². The van der Waals surface area contributed by atoms with E-state index in [2.05, 4.69) is 39.6 Å². The van der Waals surface area contributed by atoms with Gasteiger partial charge >= 0.3 is 0 Å². The molecular weight excluding hydrogens is 316 g/mol. The molecule has 0 aromatic carbocycles. The molecule has 7 heteroatoms. The highest BCUT2D eigenvalue weighted by Crippen LogP contribution is 2.15. The predicted molar refractivity (Wildman–Crippen MR) is 101 cm³/mol. The molecule has 2 N–H and O–H groups in total. The van der Waals surface area contributed by atoms with Gasteiger partial charge in [-0.25, -0.2) is 9.98 Å². The summed E-state index contributed by atoms with van der Waals surface area (Å²) in [7, 11) is 3.96. The van der Waals surface area contributed by atoms with Gasteiger partial charge in [0.05, 0.1) is 18.8 Å². The van der Waals surface area contributed by atoms with Gasteiger partial charge in [-0.05, 0) is 18.9 Å². The van der Waals surface area contributed by atoms with Crippen LogP contribution in [0.3, 0.4) is 0 Å². The molecule has 0 atom stereocenters. The molecule has 0 fully saturated rings. The lowest BCUT2D eigenvalue weighted by atomic mass is 10.1. The van der Waals surface area contributed by atoms with E-state index in [0.717, 1.165) is 35.3 Å². The lowest BCUT2D eigenvalue weighted by molar-refractivity contribution is 0.372. The first-order chi connectivity index (χ1) is 12.0. The molecule has 0 saturated carbocycles. The van der Waals surface area contributed by atoms with Gasteiger partial charge in [0.15, 0.2) is 11.7 Å². The zero-order chi connectivity index (χ0) is 18.2. The van der Waals surface area contributed by atoms with Crippen molar-refractivity contribution >= 4 is 11.8 Å². The Morgan fingerprint density at radius 1 is 1.32 bits per heavy atom. The molecule has 2 aromatic rings. The topological polar surface area (TPSA) is 78.6 Å². The number of aromatic nitrogens is 2. The van der Waals surface area contributed by atoms with Gasteiger partial charge in [-0.1, -0.05) is 25.1 Å². The number of pyridine rings is 1. The van der Waals surface area contributed by atoms with Crippen molar-refractivity contribution in [3.63, 3.8) is 0 Å². The Bertz CT molecular complexity index is 692. The molecule has 0 amide bonds. The number of rotatable bonds is 7. The summed E-state index contributed by atoms with van der Waals surface area (Å²) in [6, 6.07) is 5.95. The quantitative estimate of drug-likeness (QED) is 0.593. The normalized spacial score (nSPS) is 11.7. The monoisotopic (exact) mass is 344 g/mol. The summed E-state index contributed by atoms with van der Waals surface area (Å²) in [5, 5.41) is 10.6. The van der Waals surface area contributed by atoms with Crippen LogP contribution in [0, 0.1) is 0 Å². The summed E-state index contributed by atoms with van der Waals surface area (Å²) in [6.45, 7) is 8.10. The van der Waals surface area contributed by atoms with Crippen molar-refractivity contribution in [1.82, 2.24) is 20.8 Å². The molecule has 0 aliphatic carbocycles. The Labute approximate surface area is 149 Å². The summed E-state index contributed by atoms with van der Waals surface area (Å²) >= 11 is 0. The number of hydrogen-bond donors (Lipinski definition) is 2. The summed E-state index contributed by atoms with van der Waals surface area (Å²) in [5.41, 5.74) is 2.04. The molecule has 2 aromatic heterocycles. The highest BCUT2D eigenvalue weighted by molar-refractivity contribution is 5.79. The maximum atomic E-state index is 5.36. The molecule has 25 heavy (non-hydrogen) atoms. The number of nitrogens with zero attached hydrogens (tertiary/aromatic N) is 4. The van der Waals surface area contributed by atoms with Crippen LogP contribution in [-0.2, 0) is 13.1 Å². The van der Waals surface area contributed by atoms with E-state index in [1.54, 1.807) is 6.20 Å². The molecule has 0 aliphatic rings. The molecule has 0 saturated heterocycles. The Morgan fingerprint density at radius 3 is 2.76 bits per heavy atom. The summed E-state index contributed by atoms with van der Waals surface area (Å²) in [4.78, 5) is 11.1. The van der Waals surface area contributed by atoms with E-state index in [9.17, 15) is 0 Å². The van der Waals surface area contributed by atoms with Crippen LogP contribution < -0.4 is 15.5 Å². The summed E-state index contributed by atoms with van der Waals surface area (Å²) in [5.74, 6) is 2.82. The highest BCUT2D eigenvalue weighted by Gasteiger charge is 2.09. The van der Waals surface area contributed by atoms with Gasteiger partial charge in [-0.15, -0.1) is 0 Å². The molecule has 136 valence electrons. The van der Waals surface area contributed by atoms with Gasteiger partial charge < -0.3 is 20.1 Å². The molecule has 2 heterocycles. The lowest BCUT2D eigenvalue weighted by Crippen LogP contribution is -2.36. The first-order valence-electron chi connectivity index (χ1n) is 8.60. The van der Waals surface area contributed by atoms with Gasteiger partial charge in [0.1, 0.15) is 5.82 Å². The highest BCUT2D eigenvalue weighted by atomic mass is 16.5. The molecule has 0 unspecified atom stereocenters. The maximum absolute atomic E-state index is 5.36. The van der Waals surface area contributed by atoms with E-state index >= 15 is 0 Å². The molecule has 0 spiro atoms. The van der Waals surface area contributed by atoms with Crippen LogP contribution in [0.2, 0.25) is 0 Å². The average Bonchev–Trinajstić information content (AvgIpc) is 3.07. The third kappa shape index (κ3) is 5.48. The smallest absolute Gasteiger partial charge is 0.191 e. The number of aliphatic imine (C=N–C) groups is 1. The van der Waals surface area contributed by atoms with E-state index in [-0.39, 0.29) is 0 Å². The van der Waals surface area contributed by atoms with Crippen LogP contribution in [0.15, 0.2) is 33.9 Å². The molecular formula is C18H28N6O. The Hall–Kier alpha value is -2.57. The van der Waals surface area contributed by atoms with E-state index in [4.69, 9.17) is 4.52 Å². The van der Waals surface area contributed by atoms with Gasteiger partial charge in [-0.2, -0.15) is 0 Å². The Balaban J connectivity index is 2.03. The van der Waals surface area contributed by atoms with E-state index < -0.39 is 0 Å². The van der Waals surface area contributed by atoms with Gasteiger partial charge in [0, 0.05) is 38.5 Å². The Morgan fingerprint density at radius 2 is 2.12 bits per heavy atom. The number of guanidine groups is 1. The minimum atomic E-state index is 0.356. The van der Waals surface area contributed by atoms with Crippen LogP contribution in [0.5, 0.6) is 0 Å². The zero-order valence-corrected chi connectivity index (χ0v) is 15.7. The summed E-state index contributed by atoms with van der Waals surface area (Å²) < 4.78 is 5.36. The number of hydrogen-bond acceptors (Lipinski definition) is 5. The average molecular weight is 344 g/mol. The van der Waals surface area contributed by atoms with E-state index in [1.807, 2.05) is 44.1 Å². The molecule has 7 nitrogen and oxygen atoms in total. The second-order valence-corrected chi connectivity index (χ2v) is 6.30. The lowest BCUT2D eigenvalue weighted by Gasteiger charge is -2.15. The van der Waals surface area contributed by atoms with Crippen LogP contribution in [-0.4, -0.2) is 36.7 Å². The second kappa shape index (κ2) is 9.05. The minimum Gasteiger partial charge on any atom is -0.362 e. The van der Waals surface area contributed by atoms with Gasteiger partial charge in [-0.3, -0.25) is 0 Å². The van der Waals surface area contributed by atoms with Gasteiger partial charge in [0.25, 0.3) is 0 Å². The summed E-state index contributed by atoms with van der Waals surface area (Å²) in [6.07, 6.45) is 1.79. The standard InChI is InChI=1S/C18H28N6O/c1-6-19-18(22-12-15-10-16(13(2)3)23-25-15)21-11-14-8-7-9-20-17(14)24(4)5/h7-10,13H,6,11-12H2,1-5H3,(H2,19,21,22). The molecule has 0 aliphatic heterocycles. The molecule has 0 bridgehead atoms. The van der Waals surface area contributed by atoms with Crippen molar-refractivity contribution in [2.45, 2.75) is 39.8 Å².